The van der Waals surface area contributed by atoms with Gasteiger partial charge in [0.15, 0.2) is 9.84 Å². The highest BCUT2D eigenvalue weighted by Crippen LogP contribution is 2.27. The predicted octanol–water partition coefficient (Wildman–Crippen LogP) is 2.08. The zero-order valence-corrected chi connectivity index (χ0v) is 11.7. The lowest BCUT2D eigenvalue weighted by atomic mass is 10.0. The van der Waals surface area contributed by atoms with Crippen LogP contribution in [0.25, 0.3) is 0 Å². The predicted molar refractivity (Wildman–Crippen MR) is 69.1 cm³/mol. The molecule has 1 aromatic carbocycles. The molecule has 0 aliphatic rings. The first kappa shape index (κ1) is 14.2. The Morgan fingerprint density at radius 2 is 1.53 bits per heavy atom. The minimum Gasteiger partial charge on any atom is -0.396 e. The van der Waals surface area contributed by atoms with Crippen LogP contribution in [-0.4, -0.2) is 25.9 Å². The summed E-state index contributed by atoms with van der Waals surface area (Å²) < 4.78 is 24.5. The van der Waals surface area contributed by atoms with Crippen LogP contribution < -0.4 is 0 Å². The fraction of sp³-hybridized carbons (Fsp3) is 0.538. The van der Waals surface area contributed by atoms with E-state index in [1.165, 1.54) is 0 Å². The van der Waals surface area contributed by atoms with Crippen molar-refractivity contribution in [2.24, 2.45) is 0 Å². The Balaban J connectivity index is 3.40. The lowest BCUT2D eigenvalue weighted by Crippen LogP contribution is -2.13. The van der Waals surface area contributed by atoms with Crippen LogP contribution in [0.3, 0.4) is 0 Å². The van der Waals surface area contributed by atoms with Gasteiger partial charge in [0.05, 0.1) is 10.6 Å². The second kappa shape index (κ2) is 5.19. The zero-order chi connectivity index (χ0) is 13.2. The lowest BCUT2D eigenvalue weighted by molar-refractivity contribution is 0.295. The molecule has 0 spiro atoms. The second-order valence-electron chi connectivity index (χ2n) is 4.49. The van der Waals surface area contributed by atoms with Gasteiger partial charge in [-0.15, -0.1) is 0 Å². The van der Waals surface area contributed by atoms with Gasteiger partial charge >= 0.3 is 0 Å². The van der Waals surface area contributed by atoms with Crippen molar-refractivity contribution in [2.45, 2.75) is 39.0 Å². The molecule has 4 heteroatoms. The standard InChI is InChI=1S/C13H20O3S/c1-9-8-10(2)12(4)13(11(9)3)17(15,16)7-5-6-14/h8,14H,5-7H2,1-4H3. The van der Waals surface area contributed by atoms with E-state index in [-0.39, 0.29) is 18.8 Å². The third-order valence-corrected chi connectivity index (χ3v) is 5.24. The first-order chi connectivity index (χ1) is 7.81. The van der Waals surface area contributed by atoms with E-state index in [2.05, 4.69) is 0 Å². The molecule has 0 fully saturated rings. The summed E-state index contributed by atoms with van der Waals surface area (Å²) in [5.41, 5.74) is 3.64. The molecule has 0 saturated carbocycles. The third-order valence-electron chi connectivity index (χ3n) is 3.18. The summed E-state index contributed by atoms with van der Waals surface area (Å²) in [5.74, 6) is 0.00801. The van der Waals surface area contributed by atoms with Crippen molar-refractivity contribution < 1.29 is 13.5 Å². The Hall–Kier alpha value is -0.870. The summed E-state index contributed by atoms with van der Waals surface area (Å²) in [7, 11) is -3.29. The van der Waals surface area contributed by atoms with E-state index in [0.717, 1.165) is 22.3 Å². The van der Waals surface area contributed by atoms with Gasteiger partial charge < -0.3 is 5.11 Å². The van der Waals surface area contributed by atoms with E-state index in [9.17, 15) is 8.42 Å². The molecule has 0 aliphatic carbocycles. The van der Waals surface area contributed by atoms with E-state index in [0.29, 0.717) is 4.90 Å². The Morgan fingerprint density at radius 3 is 1.94 bits per heavy atom. The van der Waals surface area contributed by atoms with Gasteiger partial charge in [-0.05, 0) is 56.4 Å². The average Bonchev–Trinajstić information content (AvgIpc) is 2.24. The first-order valence-electron chi connectivity index (χ1n) is 5.72. The quantitative estimate of drug-likeness (QED) is 0.897. The van der Waals surface area contributed by atoms with E-state index in [1.807, 2.05) is 33.8 Å². The lowest BCUT2D eigenvalue weighted by Gasteiger charge is -2.15. The van der Waals surface area contributed by atoms with Crippen LogP contribution in [0.5, 0.6) is 0 Å². The highest BCUT2D eigenvalue weighted by Gasteiger charge is 2.21. The molecule has 0 unspecified atom stereocenters. The largest absolute Gasteiger partial charge is 0.396 e. The first-order valence-corrected chi connectivity index (χ1v) is 7.37. The smallest absolute Gasteiger partial charge is 0.179 e. The molecule has 0 amide bonds. The van der Waals surface area contributed by atoms with Crippen molar-refractivity contribution >= 4 is 9.84 Å². The van der Waals surface area contributed by atoms with Gasteiger partial charge in [-0.1, -0.05) is 6.07 Å². The summed E-state index contributed by atoms with van der Waals surface area (Å²) >= 11 is 0. The average molecular weight is 256 g/mol. The van der Waals surface area contributed by atoms with E-state index >= 15 is 0 Å². The Kier molecular flexibility index (Phi) is 4.33. The van der Waals surface area contributed by atoms with Crippen molar-refractivity contribution in [3.63, 3.8) is 0 Å². The highest BCUT2D eigenvalue weighted by molar-refractivity contribution is 7.91. The summed E-state index contributed by atoms with van der Waals surface area (Å²) in [6.07, 6.45) is 0.286. The molecule has 1 rings (SSSR count). The Bertz CT molecular complexity index is 490. The number of sulfone groups is 1. The Labute approximate surface area is 103 Å². The zero-order valence-electron chi connectivity index (χ0n) is 10.9. The van der Waals surface area contributed by atoms with Crippen LogP contribution >= 0.6 is 0 Å². The summed E-state index contributed by atoms with van der Waals surface area (Å²) in [6, 6.07) is 2.01. The Morgan fingerprint density at radius 1 is 1.06 bits per heavy atom. The molecule has 0 heterocycles. The molecule has 0 radical (unpaired) electrons. The monoisotopic (exact) mass is 256 g/mol. The molecule has 0 aromatic heterocycles. The SMILES string of the molecule is Cc1cc(C)c(C)c(S(=O)(=O)CCCO)c1C. The van der Waals surface area contributed by atoms with Crippen LogP contribution in [0.15, 0.2) is 11.0 Å². The van der Waals surface area contributed by atoms with Crippen molar-refractivity contribution in [3.05, 3.63) is 28.3 Å². The minimum atomic E-state index is -3.29. The maximum atomic E-state index is 12.2. The van der Waals surface area contributed by atoms with Crippen molar-refractivity contribution in [3.8, 4) is 0 Å². The molecule has 3 nitrogen and oxygen atoms in total. The maximum absolute atomic E-state index is 12.2. The number of hydrogen-bond acceptors (Lipinski definition) is 3. The fourth-order valence-electron chi connectivity index (χ4n) is 2.00. The number of aliphatic hydroxyl groups excluding tert-OH is 1. The highest BCUT2D eigenvalue weighted by atomic mass is 32.2. The van der Waals surface area contributed by atoms with Gasteiger partial charge in [-0.2, -0.15) is 0 Å². The van der Waals surface area contributed by atoms with Crippen LogP contribution in [0, 0.1) is 27.7 Å². The molecular formula is C13H20O3S. The van der Waals surface area contributed by atoms with Crippen LogP contribution in [0.2, 0.25) is 0 Å². The normalized spacial score (nSPS) is 11.8. The van der Waals surface area contributed by atoms with Crippen LogP contribution in [0.1, 0.15) is 28.7 Å². The van der Waals surface area contributed by atoms with Gasteiger partial charge in [0.2, 0.25) is 0 Å². The summed E-state index contributed by atoms with van der Waals surface area (Å²) in [5, 5.41) is 8.76. The number of benzene rings is 1. The summed E-state index contributed by atoms with van der Waals surface area (Å²) in [6.45, 7) is 7.43. The molecule has 0 aliphatic heterocycles. The van der Waals surface area contributed by atoms with E-state index in [1.54, 1.807) is 0 Å². The molecule has 1 aromatic rings. The van der Waals surface area contributed by atoms with Crippen molar-refractivity contribution in [2.75, 3.05) is 12.4 Å². The van der Waals surface area contributed by atoms with Gasteiger partial charge in [0.1, 0.15) is 0 Å². The third kappa shape index (κ3) is 2.87. The van der Waals surface area contributed by atoms with Crippen LogP contribution in [0.4, 0.5) is 0 Å². The number of aryl methyl sites for hydroxylation is 2. The maximum Gasteiger partial charge on any atom is 0.179 e. The number of aliphatic hydroxyl groups is 1. The van der Waals surface area contributed by atoms with E-state index < -0.39 is 9.84 Å². The number of rotatable bonds is 4. The molecular weight excluding hydrogens is 236 g/mol. The molecule has 0 saturated heterocycles. The van der Waals surface area contributed by atoms with Gasteiger partial charge in [0, 0.05) is 6.61 Å². The molecule has 0 bridgehead atoms. The topological polar surface area (TPSA) is 54.4 Å². The molecule has 17 heavy (non-hydrogen) atoms. The fourth-order valence-corrected chi connectivity index (χ4v) is 3.97. The second-order valence-corrected chi connectivity index (χ2v) is 6.53. The van der Waals surface area contributed by atoms with Crippen molar-refractivity contribution in [1.29, 1.82) is 0 Å². The number of hydrogen-bond donors (Lipinski definition) is 1. The summed E-state index contributed by atoms with van der Waals surface area (Å²) in [4.78, 5) is 0.448. The molecule has 0 atom stereocenters. The molecule has 1 N–H and O–H groups in total. The van der Waals surface area contributed by atoms with Crippen molar-refractivity contribution in [1.82, 2.24) is 0 Å². The molecule has 96 valence electrons. The van der Waals surface area contributed by atoms with E-state index in [4.69, 9.17) is 5.11 Å². The van der Waals surface area contributed by atoms with Gasteiger partial charge in [-0.25, -0.2) is 8.42 Å². The van der Waals surface area contributed by atoms with Gasteiger partial charge in [0.25, 0.3) is 0 Å². The van der Waals surface area contributed by atoms with Crippen LogP contribution in [-0.2, 0) is 9.84 Å². The minimum absolute atomic E-state index is 0.00801. The van der Waals surface area contributed by atoms with Gasteiger partial charge in [-0.3, -0.25) is 0 Å².